The van der Waals surface area contributed by atoms with Crippen molar-refractivity contribution in [3.05, 3.63) is 47.3 Å². The van der Waals surface area contributed by atoms with Gasteiger partial charge in [0.15, 0.2) is 17.2 Å². The van der Waals surface area contributed by atoms with Crippen molar-refractivity contribution >= 4 is 0 Å². The zero-order valence-corrected chi connectivity index (χ0v) is 13.0. The van der Waals surface area contributed by atoms with E-state index in [1.54, 1.807) is 18.9 Å². The average Bonchev–Trinajstić information content (AvgIpc) is 2.88. The third-order valence-electron chi connectivity index (χ3n) is 3.18. The summed E-state index contributed by atoms with van der Waals surface area (Å²) in [5.41, 5.74) is 3.02. The Hall–Kier alpha value is -2.81. The van der Waals surface area contributed by atoms with E-state index in [0.717, 1.165) is 16.8 Å². The van der Waals surface area contributed by atoms with Gasteiger partial charge in [-0.1, -0.05) is 23.4 Å². The number of aromatic nitrogens is 3. The van der Waals surface area contributed by atoms with Gasteiger partial charge in [0.05, 0.1) is 26.5 Å². The summed E-state index contributed by atoms with van der Waals surface area (Å²) in [5, 5.41) is 17.1. The van der Waals surface area contributed by atoms with Gasteiger partial charge in [-0.2, -0.15) is 5.26 Å². The summed E-state index contributed by atoms with van der Waals surface area (Å²) in [6, 6.07) is 7.74. The van der Waals surface area contributed by atoms with Gasteiger partial charge in [0, 0.05) is 6.42 Å². The zero-order chi connectivity index (χ0) is 16.1. The molecule has 0 unspecified atom stereocenters. The highest BCUT2D eigenvalue weighted by atomic mass is 16.5. The van der Waals surface area contributed by atoms with E-state index in [2.05, 4.69) is 23.0 Å². The molecule has 0 saturated heterocycles. The highest BCUT2D eigenvalue weighted by molar-refractivity contribution is 5.44. The van der Waals surface area contributed by atoms with Crippen LogP contribution in [0.1, 0.15) is 23.9 Å². The van der Waals surface area contributed by atoms with Gasteiger partial charge in [-0.25, -0.2) is 4.68 Å². The first-order valence-electron chi connectivity index (χ1n) is 6.76. The van der Waals surface area contributed by atoms with Gasteiger partial charge < -0.3 is 9.47 Å². The first kappa shape index (κ1) is 15.6. The van der Waals surface area contributed by atoms with E-state index >= 15 is 0 Å². The van der Waals surface area contributed by atoms with Crippen LogP contribution in [-0.4, -0.2) is 29.2 Å². The van der Waals surface area contributed by atoms with Crippen LogP contribution in [0.15, 0.2) is 30.4 Å². The molecule has 2 aromatic rings. The molecule has 1 heterocycles. The predicted octanol–water partition coefficient (Wildman–Crippen LogP) is 2.33. The molecule has 0 fully saturated rings. The van der Waals surface area contributed by atoms with Crippen LogP contribution >= 0.6 is 0 Å². The lowest BCUT2D eigenvalue weighted by Gasteiger charge is -2.10. The van der Waals surface area contributed by atoms with Crippen molar-refractivity contribution in [2.24, 2.45) is 0 Å². The van der Waals surface area contributed by atoms with Crippen LogP contribution in [0, 0.1) is 11.3 Å². The second-order valence-corrected chi connectivity index (χ2v) is 4.98. The summed E-state index contributed by atoms with van der Waals surface area (Å²) in [5.74, 6) is 1.32. The molecular weight excluding hydrogens is 280 g/mol. The smallest absolute Gasteiger partial charge is 0.186 e. The van der Waals surface area contributed by atoms with Crippen LogP contribution in [0.5, 0.6) is 11.5 Å². The minimum atomic E-state index is 0.330. The summed E-state index contributed by atoms with van der Waals surface area (Å²) in [7, 11) is 3.19. The van der Waals surface area contributed by atoms with Crippen LogP contribution in [0.2, 0.25) is 0 Å². The molecule has 0 aliphatic rings. The number of benzene rings is 1. The SMILES string of the molecule is C=C(C)Cn1nnc(C#N)c1Cc1ccc(OC)c(OC)c1. The van der Waals surface area contributed by atoms with Gasteiger partial charge in [-0.15, -0.1) is 5.10 Å². The summed E-state index contributed by atoms with van der Waals surface area (Å²) in [4.78, 5) is 0. The molecule has 1 aromatic heterocycles. The first-order valence-corrected chi connectivity index (χ1v) is 6.76. The van der Waals surface area contributed by atoms with Crippen LogP contribution in [0.4, 0.5) is 0 Å². The Kier molecular flexibility index (Phi) is 4.79. The molecule has 0 saturated carbocycles. The van der Waals surface area contributed by atoms with Crippen molar-refractivity contribution in [2.45, 2.75) is 19.9 Å². The number of nitriles is 1. The predicted molar refractivity (Wildman–Crippen MR) is 81.9 cm³/mol. The topological polar surface area (TPSA) is 73.0 Å². The van der Waals surface area contributed by atoms with E-state index in [1.165, 1.54) is 0 Å². The van der Waals surface area contributed by atoms with E-state index in [-0.39, 0.29) is 0 Å². The molecule has 1 aromatic carbocycles. The number of hydrogen-bond acceptors (Lipinski definition) is 5. The summed E-state index contributed by atoms with van der Waals surface area (Å²) in [6.45, 7) is 6.33. The number of allylic oxidation sites excluding steroid dienone is 1. The second-order valence-electron chi connectivity index (χ2n) is 4.98. The molecule has 0 amide bonds. The Morgan fingerprint density at radius 2 is 2.05 bits per heavy atom. The van der Waals surface area contributed by atoms with Crippen molar-refractivity contribution in [1.82, 2.24) is 15.0 Å². The molecule has 0 radical (unpaired) electrons. The molecule has 6 heteroatoms. The number of ether oxygens (including phenoxy) is 2. The van der Waals surface area contributed by atoms with Crippen molar-refractivity contribution < 1.29 is 9.47 Å². The monoisotopic (exact) mass is 298 g/mol. The summed E-state index contributed by atoms with van der Waals surface area (Å²) in [6.07, 6.45) is 0.531. The molecular formula is C16H18N4O2. The molecule has 22 heavy (non-hydrogen) atoms. The van der Waals surface area contributed by atoms with Crippen molar-refractivity contribution in [2.75, 3.05) is 14.2 Å². The second kappa shape index (κ2) is 6.76. The Bertz CT molecular complexity index is 728. The Morgan fingerprint density at radius 3 is 2.64 bits per heavy atom. The Labute approximate surface area is 129 Å². The molecule has 2 rings (SSSR count). The van der Waals surface area contributed by atoms with Crippen molar-refractivity contribution in [1.29, 1.82) is 5.26 Å². The van der Waals surface area contributed by atoms with Crippen LogP contribution < -0.4 is 9.47 Å². The number of hydrogen-bond donors (Lipinski definition) is 0. The van der Waals surface area contributed by atoms with Gasteiger partial charge in [0.2, 0.25) is 0 Å². The lowest BCUT2D eigenvalue weighted by Crippen LogP contribution is -2.07. The lowest BCUT2D eigenvalue weighted by atomic mass is 10.1. The summed E-state index contributed by atoms with van der Waals surface area (Å²) >= 11 is 0. The van der Waals surface area contributed by atoms with E-state index < -0.39 is 0 Å². The normalized spacial score (nSPS) is 10.1. The number of nitrogens with zero attached hydrogens (tertiary/aromatic N) is 4. The molecule has 114 valence electrons. The van der Waals surface area contributed by atoms with Gasteiger partial charge in [0.1, 0.15) is 6.07 Å². The third kappa shape index (κ3) is 3.26. The van der Waals surface area contributed by atoms with Gasteiger partial charge in [-0.3, -0.25) is 0 Å². The van der Waals surface area contributed by atoms with Gasteiger partial charge in [-0.05, 0) is 24.6 Å². The highest BCUT2D eigenvalue weighted by Crippen LogP contribution is 2.28. The molecule has 6 nitrogen and oxygen atoms in total. The van der Waals surface area contributed by atoms with Crippen LogP contribution in [0.25, 0.3) is 0 Å². The standard InChI is InChI=1S/C16H18N4O2/c1-11(2)10-20-14(13(9-17)18-19-20)7-12-5-6-15(21-3)16(8-12)22-4/h5-6,8H,1,7,10H2,2-4H3. The van der Waals surface area contributed by atoms with E-state index in [4.69, 9.17) is 9.47 Å². The van der Waals surface area contributed by atoms with Crippen molar-refractivity contribution in [3.63, 3.8) is 0 Å². The van der Waals surface area contributed by atoms with Gasteiger partial charge in [0.25, 0.3) is 0 Å². The molecule has 0 aliphatic heterocycles. The maximum Gasteiger partial charge on any atom is 0.186 e. The van der Waals surface area contributed by atoms with Crippen LogP contribution in [0.3, 0.4) is 0 Å². The molecule has 0 N–H and O–H groups in total. The lowest BCUT2D eigenvalue weighted by molar-refractivity contribution is 0.354. The van der Waals surface area contributed by atoms with Crippen LogP contribution in [-0.2, 0) is 13.0 Å². The fraction of sp³-hybridized carbons (Fsp3) is 0.312. The van der Waals surface area contributed by atoms with E-state index in [0.29, 0.717) is 30.2 Å². The fourth-order valence-corrected chi connectivity index (χ4v) is 2.16. The summed E-state index contributed by atoms with van der Waals surface area (Å²) < 4.78 is 12.2. The quantitative estimate of drug-likeness (QED) is 0.765. The Balaban J connectivity index is 2.36. The van der Waals surface area contributed by atoms with Gasteiger partial charge >= 0.3 is 0 Å². The van der Waals surface area contributed by atoms with E-state index in [9.17, 15) is 5.26 Å². The zero-order valence-electron chi connectivity index (χ0n) is 13.0. The van der Waals surface area contributed by atoms with Crippen molar-refractivity contribution in [3.8, 4) is 17.6 Å². The number of methoxy groups -OCH3 is 2. The molecule has 0 aliphatic carbocycles. The maximum absolute atomic E-state index is 9.19. The first-order chi connectivity index (χ1) is 10.6. The minimum absolute atomic E-state index is 0.330. The largest absolute Gasteiger partial charge is 0.493 e. The average molecular weight is 298 g/mol. The van der Waals surface area contributed by atoms with E-state index in [1.807, 2.05) is 25.1 Å². The maximum atomic E-state index is 9.19. The third-order valence-corrected chi connectivity index (χ3v) is 3.18. The molecule has 0 atom stereocenters. The highest BCUT2D eigenvalue weighted by Gasteiger charge is 2.14. The Morgan fingerprint density at radius 1 is 1.32 bits per heavy atom. The molecule has 0 spiro atoms. The molecule has 0 bridgehead atoms. The minimum Gasteiger partial charge on any atom is -0.493 e. The fourth-order valence-electron chi connectivity index (χ4n) is 2.16. The number of rotatable bonds is 6.